The molecular weight excluding hydrogens is 363 g/mol. The van der Waals surface area contributed by atoms with Crippen molar-refractivity contribution in [1.82, 2.24) is 10.3 Å². The van der Waals surface area contributed by atoms with Crippen molar-refractivity contribution in [1.29, 1.82) is 0 Å². The molecule has 0 fully saturated rings. The van der Waals surface area contributed by atoms with Crippen LogP contribution in [0.25, 0.3) is 11.3 Å². The Bertz CT molecular complexity index is 874. The minimum atomic E-state index is -3.08. The number of pyridine rings is 1. The number of nitrogens with two attached hydrogens (primary N) is 1. The maximum atomic E-state index is 13.8. The number of fused-ring (bicyclic) bond motifs is 1. The first kappa shape index (κ1) is 18.7. The molecule has 1 unspecified atom stereocenters. The van der Waals surface area contributed by atoms with Gasteiger partial charge in [-0.05, 0) is 30.3 Å². The molecule has 1 aliphatic heterocycles. The highest BCUT2D eigenvalue weighted by Crippen LogP contribution is 2.47. The number of amides is 2. The summed E-state index contributed by atoms with van der Waals surface area (Å²) in [5, 5.41) is 2.46. The van der Waals surface area contributed by atoms with Gasteiger partial charge >= 0.3 is 0 Å². The van der Waals surface area contributed by atoms with E-state index in [-0.39, 0.29) is 30.0 Å². The Morgan fingerprint density at radius 3 is 2.67 bits per heavy atom. The minimum Gasteiger partial charge on any atom is -0.489 e. The van der Waals surface area contributed by atoms with Crippen LogP contribution in [0.5, 0.6) is 5.75 Å². The lowest BCUT2D eigenvalue weighted by atomic mass is 9.81. The highest BCUT2D eigenvalue weighted by molar-refractivity contribution is 5.91. The molecule has 1 atom stereocenters. The molecule has 2 heterocycles. The van der Waals surface area contributed by atoms with Gasteiger partial charge in [0.1, 0.15) is 23.9 Å². The van der Waals surface area contributed by atoms with Crippen LogP contribution in [-0.4, -0.2) is 36.9 Å². The molecule has 0 saturated carbocycles. The summed E-state index contributed by atoms with van der Waals surface area (Å²) in [5.41, 5.74) is 3.96. The number of benzene rings is 1. The van der Waals surface area contributed by atoms with Gasteiger partial charge in [0.2, 0.25) is 12.3 Å². The fourth-order valence-electron chi connectivity index (χ4n) is 3.01. The highest BCUT2D eigenvalue weighted by Gasteiger charge is 2.55. The Labute approximate surface area is 152 Å². The Morgan fingerprint density at radius 2 is 2.07 bits per heavy atom. The van der Waals surface area contributed by atoms with Crippen molar-refractivity contribution in [3.8, 4) is 17.0 Å². The summed E-state index contributed by atoms with van der Waals surface area (Å²) in [6.45, 7) is -0.390. The van der Waals surface area contributed by atoms with E-state index < -0.39 is 30.2 Å². The SMILES string of the molecule is NC(=O)C1(C(F)F)COc2c1cc(CCNC=O)nc2-c1ccc(F)cc1. The number of aromatic nitrogens is 1. The summed E-state index contributed by atoms with van der Waals surface area (Å²) >= 11 is 0. The van der Waals surface area contributed by atoms with Crippen molar-refractivity contribution in [2.45, 2.75) is 18.3 Å². The molecule has 0 spiro atoms. The number of rotatable bonds is 7. The first-order valence-electron chi connectivity index (χ1n) is 8.08. The maximum absolute atomic E-state index is 13.8. The largest absolute Gasteiger partial charge is 0.489 e. The van der Waals surface area contributed by atoms with Crippen molar-refractivity contribution in [2.75, 3.05) is 13.2 Å². The highest BCUT2D eigenvalue weighted by atomic mass is 19.3. The maximum Gasteiger partial charge on any atom is 0.260 e. The summed E-state index contributed by atoms with van der Waals surface area (Å²) in [4.78, 5) is 26.8. The first-order valence-corrected chi connectivity index (χ1v) is 8.08. The molecule has 3 N–H and O–H groups in total. The number of nitrogens with one attached hydrogen (secondary N) is 1. The van der Waals surface area contributed by atoms with Gasteiger partial charge in [0.05, 0.1) is 0 Å². The molecule has 0 bridgehead atoms. The number of alkyl halides is 2. The number of carbonyl (C=O) groups excluding carboxylic acids is 2. The fourth-order valence-corrected chi connectivity index (χ4v) is 3.01. The van der Waals surface area contributed by atoms with Crippen LogP contribution in [0.4, 0.5) is 13.2 Å². The summed E-state index contributed by atoms with van der Waals surface area (Å²) in [7, 11) is 0. The Morgan fingerprint density at radius 1 is 1.37 bits per heavy atom. The van der Waals surface area contributed by atoms with Crippen LogP contribution in [0, 0.1) is 5.82 Å². The van der Waals surface area contributed by atoms with E-state index in [1.54, 1.807) is 0 Å². The van der Waals surface area contributed by atoms with Crippen LogP contribution in [0.2, 0.25) is 0 Å². The fraction of sp³-hybridized carbons (Fsp3) is 0.278. The van der Waals surface area contributed by atoms with Crippen LogP contribution < -0.4 is 15.8 Å². The lowest BCUT2D eigenvalue weighted by molar-refractivity contribution is -0.130. The Kier molecular flexibility index (Phi) is 5.02. The third-order valence-electron chi connectivity index (χ3n) is 4.49. The van der Waals surface area contributed by atoms with Gasteiger partial charge in [-0.2, -0.15) is 0 Å². The molecule has 1 aromatic heterocycles. The zero-order valence-corrected chi connectivity index (χ0v) is 14.0. The monoisotopic (exact) mass is 379 g/mol. The van der Waals surface area contributed by atoms with Crippen molar-refractivity contribution in [3.63, 3.8) is 0 Å². The molecule has 0 aliphatic carbocycles. The second-order valence-corrected chi connectivity index (χ2v) is 6.09. The Hall–Kier alpha value is -3.10. The van der Waals surface area contributed by atoms with Crippen molar-refractivity contribution in [2.24, 2.45) is 5.73 Å². The quantitative estimate of drug-likeness (QED) is 0.564. The van der Waals surface area contributed by atoms with E-state index in [0.717, 1.165) is 0 Å². The summed E-state index contributed by atoms with van der Waals surface area (Å²) in [5.74, 6) is -1.65. The van der Waals surface area contributed by atoms with Crippen LogP contribution in [0.3, 0.4) is 0 Å². The van der Waals surface area contributed by atoms with Gasteiger partial charge < -0.3 is 15.8 Å². The van der Waals surface area contributed by atoms with Gasteiger partial charge in [-0.3, -0.25) is 9.59 Å². The van der Waals surface area contributed by atoms with E-state index in [2.05, 4.69) is 10.3 Å². The number of hydrogen-bond acceptors (Lipinski definition) is 4. The van der Waals surface area contributed by atoms with Gasteiger partial charge in [0.15, 0.2) is 5.41 Å². The van der Waals surface area contributed by atoms with Gasteiger partial charge in [0, 0.05) is 29.8 Å². The van der Waals surface area contributed by atoms with Crippen LogP contribution >= 0.6 is 0 Å². The smallest absolute Gasteiger partial charge is 0.260 e. The molecule has 9 heteroatoms. The third-order valence-corrected chi connectivity index (χ3v) is 4.49. The number of primary amides is 1. The van der Waals surface area contributed by atoms with Crippen LogP contribution in [-0.2, 0) is 21.4 Å². The van der Waals surface area contributed by atoms with Crippen LogP contribution in [0.1, 0.15) is 11.3 Å². The molecule has 142 valence electrons. The van der Waals surface area contributed by atoms with E-state index in [1.165, 1.54) is 30.3 Å². The third kappa shape index (κ3) is 3.20. The number of carbonyl (C=O) groups is 2. The molecule has 3 rings (SSSR count). The number of ether oxygens (including phenoxy) is 1. The second-order valence-electron chi connectivity index (χ2n) is 6.09. The second kappa shape index (κ2) is 7.26. The molecule has 2 aromatic rings. The summed E-state index contributed by atoms with van der Waals surface area (Å²) in [6.07, 6.45) is -2.34. The number of hydrogen-bond donors (Lipinski definition) is 2. The number of halogens is 3. The van der Waals surface area contributed by atoms with E-state index in [4.69, 9.17) is 10.5 Å². The zero-order chi connectivity index (χ0) is 19.6. The van der Waals surface area contributed by atoms with E-state index in [1.807, 2.05) is 0 Å². The van der Waals surface area contributed by atoms with E-state index in [0.29, 0.717) is 17.7 Å². The molecule has 0 radical (unpaired) electrons. The lowest BCUT2D eigenvalue weighted by Crippen LogP contribution is -2.48. The summed E-state index contributed by atoms with van der Waals surface area (Å²) < 4.78 is 46.3. The zero-order valence-electron chi connectivity index (χ0n) is 14.0. The van der Waals surface area contributed by atoms with Gasteiger partial charge in [-0.15, -0.1) is 0 Å². The van der Waals surface area contributed by atoms with Gasteiger partial charge in [-0.25, -0.2) is 18.2 Å². The molecular formula is C18H16F3N3O3. The lowest BCUT2D eigenvalue weighted by Gasteiger charge is -2.23. The van der Waals surface area contributed by atoms with Crippen LogP contribution in [0.15, 0.2) is 30.3 Å². The normalized spacial score (nSPS) is 18.1. The average Bonchev–Trinajstić information content (AvgIpc) is 3.03. The molecule has 2 amide bonds. The molecule has 0 saturated heterocycles. The first-order chi connectivity index (χ1) is 12.9. The molecule has 6 nitrogen and oxygen atoms in total. The predicted octanol–water partition coefficient (Wildman–Crippen LogP) is 1.56. The molecule has 27 heavy (non-hydrogen) atoms. The van der Waals surface area contributed by atoms with Crippen molar-refractivity contribution < 1.29 is 27.5 Å². The van der Waals surface area contributed by atoms with E-state index >= 15 is 0 Å². The van der Waals surface area contributed by atoms with Crippen molar-refractivity contribution >= 4 is 12.3 Å². The topological polar surface area (TPSA) is 94.3 Å². The summed E-state index contributed by atoms with van der Waals surface area (Å²) in [6, 6.07) is 6.61. The van der Waals surface area contributed by atoms with E-state index in [9.17, 15) is 22.8 Å². The van der Waals surface area contributed by atoms with Gasteiger partial charge in [0.25, 0.3) is 6.43 Å². The van der Waals surface area contributed by atoms with Gasteiger partial charge in [-0.1, -0.05) is 0 Å². The average molecular weight is 379 g/mol. The number of nitrogens with zero attached hydrogens (tertiary/aromatic N) is 1. The molecule has 1 aliphatic rings. The standard InChI is InChI=1S/C18H16F3N3O3/c19-11-3-1-10(2-4-11)14-15-13(7-12(24-14)5-6-23-9-25)18(8-27-15,16(20)21)17(22)26/h1-4,7,9,16H,5-6,8H2,(H2,22,26)(H,23,25). The Balaban J connectivity index is 2.18. The molecule has 1 aromatic carbocycles. The van der Waals surface area contributed by atoms with Crippen molar-refractivity contribution in [3.05, 3.63) is 47.4 Å². The predicted molar refractivity (Wildman–Crippen MR) is 89.8 cm³/mol. The minimum absolute atomic E-state index is 0.0211.